The van der Waals surface area contributed by atoms with Crippen molar-refractivity contribution in [1.29, 1.82) is 0 Å². The zero-order valence-corrected chi connectivity index (χ0v) is 12.7. The predicted molar refractivity (Wildman–Crippen MR) is 74.2 cm³/mol. The van der Waals surface area contributed by atoms with Crippen molar-refractivity contribution < 1.29 is 29.0 Å². The summed E-state index contributed by atoms with van der Waals surface area (Å²) in [5, 5.41) is 9.07. The summed E-state index contributed by atoms with van der Waals surface area (Å²) in [6.45, 7) is 3.00. The summed E-state index contributed by atoms with van der Waals surface area (Å²) in [6.07, 6.45) is 1.64. The third-order valence-corrected chi connectivity index (χ3v) is 3.45. The number of aliphatic hydroxyl groups is 1. The molecule has 0 saturated heterocycles. The van der Waals surface area contributed by atoms with Gasteiger partial charge < -0.3 is 14.6 Å². The third kappa shape index (κ3) is 3.21. The fourth-order valence-corrected chi connectivity index (χ4v) is 2.53. The molecule has 6 heteroatoms. The summed E-state index contributed by atoms with van der Waals surface area (Å²) < 4.78 is 9.43. The first-order valence-corrected chi connectivity index (χ1v) is 6.50. The lowest BCUT2D eigenvalue weighted by Gasteiger charge is -2.23. The number of aliphatic hydroxyl groups excluding tert-OH is 1. The van der Waals surface area contributed by atoms with Crippen molar-refractivity contribution in [3.8, 4) is 0 Å². The largest absolute Gasteiger partial charge is 0.468 e. The van der Waals surface area contributed by atoms with Crippen molar-refractivity contribution in [2.75, 3.05) is 20.8 Å². The number of hydrogen-bond donors (Lipinski definition) is 1. The Hall–Kier alpha value is -1.95. The molecule has 1 aliphatic carbocycles. The predicted octanol–water partition coefficient (Wildman–Crippen LogP) is 0.937. The van der Waals surface area contributed by atoms with Gasteiger partial charge in [-0.15, -0.1) is 0 Å². The van der Waals surface area contributed by atoms with Gasteiger partial charge in [-0.1, -0.05) is 11.6 Å². The van der Waals surface area contributed by atoms with Gasteiger partial charge in [0, 0.05) is 12.0 Å². The molecule has 21 heavy (non-hydrogen) atoms. The highest BCUT2D eigenvalue weighted by Gasteiger charge is 2.53. The number of carbonyl (C=O) groups is 3. The van der Waals surface area contributed by atoms with Crippen LogP contribution in [0.3, 0.4) is 0 Å². The standard InChI is InChI=1S/C15H20O6/c1-9(2)5-10-6-15(13(18)20-3,14(19)21-4)7-11(10)12(17)8-16/h5,16H,6-8H2,1-4H3. The SMILES string of the molecule is COC(=O)C1(C(=O)OC)CC(C=C(C)C)=C(C(=O)CO)C1. The van der Waals surface area contributed by atoms with E-state index in [0.717, 1.165) is 5.57 Å². The quantitative estimate of drug-likeness (QED) is 0.600. The van der Waals surface area contributed by atoms with Gasteiger partial charge in [-0.2, -0.15) is 0 Å². The van der Waals surface area contributed by atoms with Gasteiger partial charge in [0.15, 0.2) is 11.2 Å². The number of ether oxygens (including phenoxy) is 2. The van der Waals surface area contributed by atoms with Crippen LogP contribution in [0.2, 0.25) is 0 Å². The van der Waals surface area contributed by atoms with E-state index in [1.54, 1.807) is 6.08 Å². The van der Waals surface area contributed by atoms with Gasteiger partial charge in [0.1, 0.15) is 6.61 Å². The molecule has 0 fully saturated rings. The molecule has 0 atom stereocenters. The summed E-state index contributed by atoms with van der Waals surface area (Å²) in [5.41, 5.74) is 0.198. The molecule has 0 spiro atoms. The molecule has 1 rings (SSSR count). The zero-order valence-electron chi connectivity index (χ0n) is 12.7. The van der Waals surface area contributed by atoms with E-state index in [0.29, 0.717) is 5.57 Å². The second kappa shape index (κ2) is 6.67. The number of ketones is 1. The van der Waals surface area contributed by atoms with Gasteiger partial charge in [0.2, 0.25) is 0 Å². The number of hydrogen-bond acceptors (Lipinski definition) is 6. The van der Waals surface area contributed by atoms with Gasteiger partial charge in [-0.25, -0.2) is 0 Å². The Labute approximate surface area is 123 Å². The Morgan fingerprint density at radius 1 is 1.14 bits per heavy atom. The van der Waals surface area contributed by atoms with Crippen LogP contribution in [-0.2, 0) is 23.9 Å². The van der Waals surface area contributed by atoms with Crippen LogP contribution >= 0.6 is 0 Å². The summed E-state index contributed by atoms with van der Waals surface area (Å²) >= 11 is 0. The Morgan fingerprint density at radius 2 is 1.67 bits per heavy atom. The Bertz CT molecular complexity index is 506. The van der Waals surface area contributed by atoms with Crippen LogP contribution in [0.5, 0.6) is 0 Å². The molecule has 0 saturated carbocycles. The number of carbonyl (C=O) groups excluding carboxylic acids is 3. The lowest BCUT2D eigenvalue weighted by Crippen LogP contribution is -2.39. The van der Waals surface area contributed by atoms with E-state index in [2.05, 4.69) is 0 Å². The van der Waals surface area contributed by atoms with E-state index in [-0.39, 0.29) is 18.4 Å². The van der Waals surface area contributed by atoms with Crippen LogP contribution in [0.4, 0.5) is 0 Å². The van der Waals surface area contributed by atoms with Gasteiger partial charge in [-0.05, 0) is 25.8 Å². The van der Waals surface area contributed by atoms with Crippen LogP contribution in [0.1, 0.15) is 26.7 Å². The van der Waals surface area contributed by atoms with Crippen LogP contribution in [0.25, 0.3) is 0 Å². The Kier molecular flexibility index (Phi) is 5.43. The topological polar surface area (TPSA) is 89.9 Å². The lowest BCUT2D eigenvalue weighted by molar-refractivity contribution is -0.168. The minimum atomic E-state index is -1.55. The minimum absolute atomic E-state index is 0.0264. The maximum absolute atomic E-state index is 12.1. The van der Waals surface area contributed by atoms with Gasteiger partial charge in [0.25, 0.3) is 0 Å². The first-order valence-electron chi connectivity index (χ1n) is 6.50. The van der Waals surface area contributed by atoms with E-state index < -0.39 is 29.7 Å². The van der Waals surface area contributed by atoms with Crippen LogP contribution in [0, 0.1) is 5.41 Å². The molecule has 0 aliphatic heterocycles. The van der Waals surface area contributed by atoms with Crippen LogP contribution in [-0.4, -0.2) is 43.7 Å². The lowest BCUT2D eigenvalue weighted by atomic mass is 9.83. The average Bonchev–Trinajstić information content (AvgIpc) is 2.84. The van der Waals surface area contributed by atoms with Gasteiger partial charge in [0.05, 0.1) is 14.2 Å². The number of allylic oxidation sites excluding steroid dienone is 3. The van der Waals surface area contributed by atoms with Crippen molar-refractivity contribution in [2.45, 2.75) is 26.7 Å². The monoisotopic (exact) mass is 296 g/mol. The molecule has 116 valence electrons. The van der Waals surface area contributed by atoms with Crippen molar-refractivity contribution in [3.63, 3.8) is 0 Å². The van der Waals surface area contributed by atoms with Gasteiger partial charge in [-0.3, -0.25) is 14.4 Å². The van der Waals surface area contributed by atoms with Crippen molar-refractivity contribution in [3.05, 3.63) is 22.8 Å². The highest BCUT2D eigenvalue weighted by molar-refractivity contribution is 6.06. The number of methoxy groups -OCH3 is 2. The van der Waals surface area contributed by atoms with E-state index in [1.807, 2.05) is 13.8 Å². The van der Waals surface area contributed by atoms with E-state index >= 15 is 0 Å². The first-order chi connectivity index (χ1) is 9.82. The molecule has 0 aromatic carbocycles. The molecule has 0 unspecified atom stereocenters. The van der Waals surface area contributed by atoms with Crippen molar-refractivity contribution in [2.24, 2.45) is 5.41 Å². The molecule has 0 aromatic heterocycles. The van der Waals surface area contributed by atoms with Gasteiger partial charge >= 0.3 is 11.9 Å². The first kappa shape index (κ1) is 17.1. The molecule has 6 nitrogen and oxygen atoms in total. The minimum Gasteiger partial charge on any atom is -0.468 e. The Balaban J connectivity index is 3.34. The normalized spacial score (nSPS) is 16.4. The second-order valence-electron chi connectivity index (χ2n) is 5.23. The molecular formula is C15H20O6. The molecular weight excluding hydrogens is 276 g/mol. The Morgan fingerprint density at radius 3 is 2.05 bits per heavy atom. The van der Waals surface area contributed by atoms with E-state index in [4.69, 9.17) is 14.6 Å². The molecule has 0 aromatic rings. The maximum Gasteiger partial charge on any atom is 0.323 e. The molecule has 1 N–H and O–H groups in total. The van der Waals surface area contributed by atoms with Crippen LogP contribution in [0.15, 0.2) is 22.8 Å². The fourth-order valence-electron chi connectivity index (χ4n) is 2.53. The maximum atomic E-state index is 12.1. The van der Waals surface area contributed by atoms with E-state index in [1.165, 1.54) is 14.2 Å². The second-order valence-corrected chi connectivity index (χ2v) is 5.23. The summed E-state index contributed by atoms with van der Waals surface area (Å²) in [7, 11) is 2.36. The third-order valence-electron chi connectivity index (χ3n) is 3.45. The van der Waals surface area contributed by atoms with Crippen LogP contribution < -0.4 is 0 Å². The highest BCUT2D eigenvalue weighted by atomic mass is 16.5. The molecule has 1 aliphatic rings. The van der Waals surface area contributed by atoms with Crippen molar-refractivity contribution >= 4 is 17.7 Å². The smallest absolute Gasteiger partial charge is 0.323 e. The average molecular weight is 296 g/mol. The number of Topliss-reactive ketones (excluding diaryl/α,β-unsaturated/α-hetero) is 1. The molecule has 0 radical (unpaired) electrons. The summed E-state index contributed by atoms with van der Waals surface area (Å²) in [6, 6.07) is 0. The summed E-state index contributed by atoms with van der Waals surface area (Å²) in [4.78, 5) is 36.0. The van der Waals surface area contributed by atoms with E-state index in [9.17, 15) is 14.4 Å². The highest BCUT2D eigenvalue weighted by Crippen LogP contribution is 2.45. The fraction of sp³-hybridized carbons (Fsp3) is 0.533. The zero-order chi connectivity index (χ0) is 16.2. The van der Waals surface area contributed by atoms with Crippen molar-refractivity contribution in [1.82, 2.24) is 0 Å². The summed E-state index contributed by atoms with van der Waals surface area (Å²) in [5.74, 6) is -1.98. The molecule has 0 heterocycles. The molecule has 0 amide bonds. The molecule has 0 bridgehead atoms. The number of rotatable bonds is 5. The number of esters is 2.